The van der Waals surface area contributed by atoms with Crippen LogP contribution in [0.25, 0.3) is 0 Å². The van der Waals surface area contributed by atoms with Crippen molar-refractivity contribution in [2.75, 3.05) is 18.1 Å². The Kier molecular flexibility index (Phi) is 5.63. The van der Waals surface area contributed by atoms with Crippen molar-refractivity contribution < 1.29 is 18.1 Å². The molecule has 25 heavy (non-hydrogen) atoms. The molecular weight excluding hydrogens is 344 g/mol. The Morgan fingerprint density at radius 1 is 1.20 bits per heavy atom. The van der Waals surface area contributed by atoms with E-state index in [0.29, 0.717) is 0 Å². The Bertz CT molecular complexity index is 880. The predicted molar refractivity (Wildman–Crippen MR) is 96.0 cm³/mol. The molecule has 0 amide bonds. The number of hydrogen-bond donors (Lipinski definition) is 1. The molecule has 0 aliphatic carbocycles. The third-order valence-electron chi connectivity index (χ3n) is 3.58. The number of nitrogens with zero attached hydrogens (tertiary/aromatic N) is 1. The molecule has 0 saturated carbocycles. The second-order valence-corrected chi connectivity index (χ2v) is 7.74. The summed E-state index contributed by atoms with van der Waals surface area (Å²) in [5.41, 5.74) is 0.681. The highest BCUT2D eigenvalue weighted by molar-refractivity contribution is 7.90. The van der Waals surface area contributed by atoms with Gasteiger partial charge in [-0.1, -0.05) is 24.3 Å². The fourth-order valence-electron chi connectivity index (χ4n) is 2.35. The Labute approximate surface area is 146 Å². The van der Waals surface area contributed by atoms with E-state index in [4.69, 9.17) is 4.74 Å². The minimum absolute atomic E-state index is 0.146. The number of anilines is 1. The fraction of sp³-hybridized carbons (Fsp3) is 0.294. The molecule has 0 bridgehead atoms. The average molecular weight is 364 g/mol. The van der Waals surface area contributed by atoms with E-state index in [1.54, 1.807) is 0 Å². The largest absolute Gasteiger partial charge is 0.489 e. The van der Waals surface area contributed by atoms with Crippen LogP contribution in [-0.4, -0.2) is 32.2 Å². The number of ether oxygens (including phenoxy) is 1. The molecule has 1 unspecified atom stereocenters. The number of aryl methyl sites for hydroxylation is 1. The quantitative estimate of drug-likeness (QED) is 0.598. The summed E-state index contributed by atoms with van der Waals surface area (Å²) in [5.74, 6) is 0.733. The normalized spacial score (nSPS) is 12.4. The number of hydrogen-bond acceptors (Lipinski definition) is 6. The maximum atomic E-state index is 11.8. The van der Waals surface area contributed by atoms with Crippen LogP contribution in [0.5, 0.6) is 5.75 Å². The van der Waals surface area contributed by atoms with Crippen molar-refractivity contribution >= 4 is 21.2 Å². The van der Waals surface area contributed by atoms with E-state index in [1.807, 2.05) is 38.1 Å². The van der Waals surface area contributed by atoms with Crippen molar-refractivity contribution in [3.8, 4) is 5.75 Å². The van der Waals surface area contributed by atoms with Crippen LogP contribution in [0.4, 0.5) is 11.4 Å². The summed E-state index contributed by atoms with van der Waals surface area (Å²) in [7, 11) is -3.71. The maximum absolute atomic E-state index is 11.8. The Morgan fingerprint density at radius 3 is 2.48 bits per heavy atom. The average Bonchev–Trinajstić information content (AvgIpc) is 2.53. The zero-order chi connectivity index (χ0) is 18.6. The maximum Gasteiger partial charge on any atom is 0.310 e. The van der Waals surface area contributed by atoms with E-state index in [2.05, 4.69) is 5.32 Å². The van der Waals surface area contributed by atoms with Crippen molar-refractivity contribution in [1.29, 1.82) is 0 Å². The lowest BCUT2D eigenvalue weighted by Crippen LogP contribution is -2.23. The van der Waals surface area contributed by atoms with Gasteiger partial charge in [0.2, 0.25) is 0 Å². The van der Waals surface area contributed by atoms with E-state index in [0.717, 1.165) is 17.6 Å². The Hall–Kier alpha value is -2.61. The molecule has 0 fully saturated rings. The van der Waals surface area contributed by atoms with Crippen LogP contribution in [0.15, 0.2) is 47.4 Å². The van der Waals surface area contributed by atoms with Crippen LogP contribution < -0.4 is 10.1 Å². The first-order chi connectivity index (χ1) is 11.7. The SMILES string of the molecule is Cc1ccccc1OC(C)CNc1cccc(S(C)(=O)=O)c1[N+](=O)[O-]. The number of nitrogens with one attached hydrogen (secondary N) is 1. The molecule has 8 heteroatoms. The highest BCUT2D eigenvalue weighted by Gasteiger charge is 2.26. The van der Waals surface area contributed by atoms with Gasteiger partial charge >= 0.3 is 5.69 Å². The monoisotopic (exact) mass is 364 g/mol. The van der Waals surface area contributed by atoms with Crippen LogP contribution in [0.1, 0.15) is 12.5 Å². The summed E-state index contributed by atoms with van der Waals surface area (Å²) in [6, 6.07) is 11.7. The summed E-state index contributed by atoms with van der Waals surface area (Å²) >= 11 is 0. The molecule has 2 aromatic rings. The summed E-state index contributed by atoms with van der Waals surface area (Å²) < 4.78 is 29.4. The van der Waals surface area contributed by atoms with Gasteiger partial charge < -0.3 is 10.1 Å². The van der Waals surface area contributed by atoms with E-state index in [9.17, 15) is 18.5 Å². The first kappa shape index (κ1) is 18.7. The van der Waals surface area contributed by atoms with Gasteiger partial charge in [0.15, 0.2) is 9.84 Å². The molecule has 1 atom stereocenters. The van der Waals surface area contributed by atoms with Gasteiger partial charge in [-0.05, 0) is 37.6 Å². The van der Waals surface area contributed by atoms with E-state index < -0.39 is 20.4 Å². The van der Waals surface area contributed by atoms with Crippen molar-refractivity contribution in [3.05, 3.63) is 58.1 Å². The van der Waals surface area contributed by atoms with Gasteiger partial charge in [0, 0.05) is 6.26 Å². The molecule has 1 N–H and O–H groups in total. The molecule has 0 aliphatic rings. The lowest BCUT2D eigenvalue weighted by Gasteiger charge is -2.18. The highest BCUT2D eigenvalue weighted by Crippen LogP contribution is 2.32. The lowest BCUT2D eigenvalue weighted by atomic mass is 10.2. The van der Waals surface area contributed by atoms with Crippen LogP contribution in [-0.2, 0) is 9.84 Å². The number of rotatable bonds is 7. The zero-order valence-electron chi connectivity index (χ0n) is 14.2. The Morgan fingerprint density at radius 2 is 1.88 bits per heavy atom. The highest BCUT2D eigenvalue weighted by atomic mass is 32.2. The minimum Gasteiger partial charge on any atom is -0.489 e. The molecular formula is C17H20N2O5S. The van der Waals surface area contributed by atoms with Crippen LogP contribution in [0.3, 0.4) is 0 Å². The van der Waals surface area contributed by atoms with Gasteiger partial charge in [0.05, 0.1) is 11.5 Å². The lowest BCUT2D eigenvalue weighted by molar-refractivity contribution is -0.386. The first-order valence-corrected chi connectivity index (χ1v) is 9.53. The third kappa shape index (κ3) is 4.69. The molecule has 7 nitrogen and oxygen atoms in total. The molecule has 2 aromatic carbocycles. The minimum atomic E-state index is -3.71. The van der Waals surface area contributed by atoms with E-state index in [-0.39, 0.29) is 23.2 Å². The first-order valence-electron chi connectivity index (χ1n) is 7.63. The van der Waals surface area contributed by atoms with Gasteiger partial charge in [-0.15, -0.1) is 0 Å². The molecule has 0 aliphatic heterocycles. The molecule has 2 rings (SSSR count). The molecule has 0 aromatic heterocycles. The number of para-hydroxylation sites is 2. The van der Waals surface area contributed by atoms with Crippen LogP contribution in [0, 0.1) is 17.0 Å². The molecule has 0 heterocycles. The second kappa shape index (κ2) is 7.52. The molecule has 134 valence electrons. The summed E-state index contributed by atoms with van der Waals surface area (Å²) in [4.78, 5) is 10.3. The predicted octanol–water partition coefficient (Wildman–Crippen LogP) is 3.19. The number of nitro groups is 1. The molecule has 0 spiro atoms. The molecule has 0 saturated heterocycles. The fourth-order valence-corrected chi connectivity index (χ4v) is 3.21. The second-order valence-electron chi connectivity index (χ2n) is 5.76. The summed E-state index contributed by atoms with van der Waals surface area (Å²) in [6.07, 6.45) is 0.672. The van der Waals surface area contributed by atoms with Crippen LogP contribution >= 0.6 is 0 Å². The van der Waals surface area contributed by atoms with Gasteiger partial charge in [0.25, 0.3) is 0 Å². The number of benzene rings is 2. The van der Waals surface area contributed by atoms with Gasteiger partial charge in [-0.2, -0.15) is 0 Å². The van der Waals surface area contributed by atoms with Crippen molar-refractivity contribution in [3.63, 3.8) is 0 Å². The van der Waals surface area contributed by atoms with Crippen molar-refractivity contribution in [2.24, 2.45) is 0 Å². The number of sulfone groups is 1. The smallest absolute Gasteiger partial charge is 0.310 e. The van der Waals surface area contributed by atoms with Gasteiger partial charge in [0.1, 0.15) is 22.4 Å². The summed E-state index contributed by atoms with van der Waals surface area (Å²) in [5, 5.41) is 14.3. The van der Waals surface area contributed by atoms with E-state index in [1.165, 1.54) is 18.2 Å². The molecule has 0 radical (unpaired) electrons. The third-order valence-corrected chi connectivity index (χ3v) is 4.71. The number of nitro benzene ring substituents is 1. The van der Waals surface area contributed by atoms with Crippen molar-refractivity contribution in [2.45, 2.75) is 24.8 Å². The topological polar surface area (TPSA) is 98.5 Å². The van der Waals surface area contributed by atoms with E-state index >= 15 is 0 Å². The Balaban J connectivity index is 2.18. The van der Waals surface area contributed by atoms with Gasteiger partial charge in [-0.3, -0.25) is 10.1 Å². The van der Waals surface area contributed by atoms with Crippen molar-refractivity contribution in [1.82, 2.24) is 0 Å². The zero-order valence-corrected chi connectivity index (χ0v) is 15.0. The van der Waals surface area contributed by atoms with Gasteiger partial charge in [-0.25, -0.2) is 8.42 Å². The van der Waals surface area contributed by atoms with Crippen LogP contribution in [0.2, 0.25) is 0 Å². The standard InChI is InChI=1S/C17H20N2O5S/c1-12-7-4-5-9-15(12)24-13(2)11-18-14-8-6-10-16(25(3,22)23)17(14)19(20)21/h4-10,13,18H,11H2,1-3H3. The summed E-state index contributed by atoms with van der Waals surface area (Å²) in [6.45, 7) is 4.03.